The van der Waals surface area contributed by atoms with Crippen LogP contribution in [0.3, 0.4) is 0 Å². The molecule has 0 aromatic rings. The SMILES string of the molecule is CCN(CC(=O)N[C@@H](CC(=O)O)C(=O)N[C@H](CC1CCCCC1)C(=O)O)C(=O)CCCC1CCNCC1. The number of aliphatic carboxylic acids is 2. The van der Waals surface area contributed by atoms with Crippen LogP contribution in [0.5, 0.6) is 0 Å². The van der Waals surface area contributed by atoms with Crippen LogP contribution in [0.1, 0.15) is 84.0 Å². The third-order valence-corrected chi connectivity index (χ3v) is 7.47. The van der Waals surface area contributed by atoms with Crippen molar-refractivity contribution in [2.24, 2.45) is 11.8 Å². The molecule has 0 spiro atoms. The Bertz CT molecular complexity index is 779. The van der Waals surface area contributed by atoms with Crippen LogP contribution < -0.4 is 16.0 Å². The monoisotopic (exact) mass is 524 g/mol. The van der Waals surface area contributed by atoms with E-state index in [-0.39, 0.29) is 24.8 Å². The highest BCUT2D eigenvalue weighted by Crippen LogP contribution is 2.27. The van der Waals surface area contributed by atoms with Crippen molar-refractivity contribution in [2.45, 2.75) is 96.1 Å². The Balaban J connectivity index is 1.88. The summed E-state index contributed by atoms with van der Waals surface area (Å²) in [5, 5.41) is 27.0. The van der Waals surface area contributed by atoms with Gasteiger partial charge in [0.05, 0.1) is 13.0 Å². The molecule has 1 saturated carbocycles. The van der Waals surface area contributed by atoms with E-state index in [1.54, 1.807) is 6.92 Å². The summed E-state index contributed by atoms with van der Waals surface area (Å²) >= 11 is 0. The molecule has 5 N–H and O–H groups in total. The van der Waals surface area contributed by atoms with E-state index in [9.17, 15) is 34.2 Å². The van der Waals surface area contributed by atoms with Crippen LogP contribution in [0, 0.1) is 11.8 Å². The number of nitrogens with zero attached hydrogens (tertiary/aromatic N) is 1. The van der Waals surface area contributed by atoms with E-state index in [1.807, 2.05) is 0 Å². The minimum Gasteiger partial charge on any atom is -0.481 e. The van der Waals surface area contributed by atoms with Crippen LogP contribution >= 0.6 is 0 Å². The lowest BCUT2D eigenvalue weighted by molar-refractivity contribution is -0.144. The lowest BCUT2D eigenvalue weighted by atomic mass is 9.85. The first-order valence-electron chi connectivity index (χ1n) is 13.7. The molecular formula is C26H44N4O7. The van der Waals surface area contributed by atoms with Crippen LogP contribution in [-0.2, 0) is 24.0 Å². The van der Waals surface area contributed by atoms with Gasteiger partial charge in [0, 0.05) is 13.0 Å². The molecule has 2 fully saturated rings. The number of hydrogen-bond donors (Lipinski definition) is 5. The molecule has 2 aliphatic rings. The predicted molar refractivity (Wildman–Crippen MR) is 137 cm³/mol. The molecule has 11 heteroatoms. The summed E-state index contributed by atoms with van der Waals surface area (Å²) in [6, 6.07) is -2.59. The van der Waals surface area contributed by atoms with Gasteiger partial charge < -0.3 is 31.1 Å². The average molecular weight is 525 g/mol. The highest BCUT2D eigenvalue weighted by molar-refractivity contribution is 5.94. The van der Waals surface area contributed by atoms with Gasteiger partial charge in [-0.15, -0.1) is 0 Å². The van der Waals surface area contributed by atoms with Gasteiger partial charge in [0.15, 0.2) is 0 Å². The minimum atomic E-state index is -1.44. The lowest BCUT2D eigenvalue weighted by Crippen LogP contribution is -2.54. The summed E-state index contributed by atoms with van der Waals surface area (Å²) < 4.78 is 0. The van der Waals surface area contributed by atoms with Crippen molar-refractivity contribution in [2.75, 3.05) is 26.2 Å². The molecule has 0 radical (unpaired) electrons. The Labute approximate surface area is 219 Å². The first kappa shape index (κ1) is 30.5. The fraction of sp³-hybridized carbons (Fsp3) is 0.808. The van der Waals surface area contributed by atoms with E-state index < -0.39 is 42.3 Å². The molecule has 1 saturated heterocycles. The molecule has 11 nitrogen and oxygen atoms in total. The summed E-state index contributed by atoms with van der Waals surface area (Å²) in [6.07, 6.45) is 8.76. The quantitative estimate of drug-likeness (QED) is 0.215. The Morgan fingerprint density at radius 1 is 0.919 bits per heavy atom. The third kappa shape index (κ3) is 11.5. The smallest absolute Gasteiger partial charge is 0.326 e. The zero-order valence-corrected chi connectivity index (χ0v) is 22.0. The highest BCUT2D eigenvalue weighted by atomic mass is 16.4. The number of carbonyl (C=O) groups is 5. The molecule has 0 unspecified atom stereocenters. The molecule has 210 valence electrons. The van der Waals surface area contributed by atoms with Gasteiger partial charge in [-0.2, -0.15) is 0 Å². The second-order valence-corrected chi connectivity index (χ2v) is 10.4. The molecule has 1 heterocycles. The Hall–Kier alpha value is -2.69. The number of amides is 3. The molecule has 0 aromatic heterocycles. The topological polar surface area (TPSA) is 165 Å². The molecule has 1 aliphatic carbocycles. The molecule has 1 aliphatic heterocycles. The largest absolute Gasteiger partial charge is 0.481 e. The van der Waals surface area contributed by atoms with E-state index in [0.717, 1.165) is 70.9 Å². The maximum atomic E-state index is 12.8. The van der Waals surface area contributed by atoms with Gasteiger partial charge in [-0.3, -0.25) is 19.2 Å². The number of rotatable bonds is 15. The fourth-order valence-corrected chi connectivity index (χ4v) is 5.29. The van der Waals surface area contributed by atoms with Crippen LogP contribution in [0.15, 0.2) is 0 Å². The summed E-state index contributed by atoms with van der Waals surface area (Å²) in [4.78, 5) is 62.6. The van der Waals surface area contributed by atoms with Crippen LogP contribution in [0.25, 0.3) is 0 Å². The van der Waals surface area contributed by atoms with Crippen molar-refractivity contribution in [3.8, 4) is 0 Å². The maximum Gasteiger partial charge on any atom is 0.326 e. The number of carboxylic acids is 2. The van der Waals surface area contributed by atoms with E-state index in [1.165, 1.54) is 4.90 Å². The van der Waals surface area contributed by atoms with Gasteiger partial charge in [-0.05, 0) is 64.0 Å². The van der Waals surface area contributed by atoms with Gasteiger partial charge in [0.1, 0.15) is 12.1 Å². The van der Waals surface area contributed by atoms with Crippen molar-refractivity contribution < 1.29 is 34.2 Å². The number of piperidine rings is 1. The predicted octanol–water partition coefficient (Wildman–Crippen LogP) is 1.50. The summed E-state index contributed by atoms with van der Waals surface area (Å²) in [5.41, 5.74) is 0. The number of nitrogens with one attached hydrogen (secondary N) is 3. The molecule has 3 amide bonds. The number of hydrogen-bond acceptors (Lipinski definition) is 6. The first-order valence-corrected chi connectivity index (χ1v) is 13.7. The summed E-state index contributed by atoms with van der Waals surface area (Å²) in [7, 11) is 0. The standard InChI is InChI=1S/C26H44N4O7/c1-2-30(23(32)10-6-9-18-11-13-27-14-12-18)17-22(31)28-20(16-24(33)34)25(35)29-21(26(36)37)15-19-7-4-3-5-8-19/h18-21,27H,2-17H2,1H3,(H,28,31)(H,29,35)(H,33,34)(H,36,37)/t20-,21+/m0/s1. The second kappa shape index (κ2) is 16.2. The zero-order chi connectivity index (χ0) is 27.2. The van der Waals surface area contributed by atoms with Gasteiger partial charge in [-0.1, -0.05) is 32.1 Å². The zero-order valence-electron chi connectivity index (χ0n) is 22.0. The van der Waals surface area contributed by atoms with E-state index in [4.69, 9.17) is 0 Å². The maximum absolute atomic E-state index is 12.8. The van der Waals surface area contributed by atoms with Crippen LogP contribution in [-0.4, -0.2) is 83.0 Å². The number of carbonyl (C=O) groups excluding carboxylic acids is 3. The van der Waals surface area contributed by atoms with Gasteiger partial charge in [0.2, 0.25) is 17.7 Å². The minimum absolute atomic E-state index is 0.163. The van der Waals surface area contributed by atoms with Gasteiger partial charge in [0.25, 0.3) is 0 Å². The van der Waals surface area contributed by atoms with Crippen molar-refractivity contribution in [3.63, 3.8) is 0 Å². The van der Waals surface area contributed by atoms with Crippen LogP contribution in [0.2, 0.25) is 0 Å². The van der Waals surface area contributed by atoms with E-state index in [0.29, 0.717) is 18.9 Å². The van der Waals surface area contributed by atoms with Gasteiger partial charge >= 0.3 is 11.9 Å². The summed E-state index contributed by atoms with van der Waals surface area (Å²) in [6.45, 7) is 3.76. The van der Waals surface area contributed by atoms with E-state index >= 15 is 0 Å². The highest BCUT2D eigenvalue weighted by Gasteiger charge is 2.31. The summed E-state index contributed by atoms with van der Waals surface area (Å²) in [5.74, 6) is -3.38. The Morgan fingerprint density at radius 3 is 2.19 bits per heavy atom. The van der Waals surface area contributed by atoms with Crippen molar-refractivity contribution in [1.29, 1.82) is 0 Å². The Kier molecular flexibility index (Phi) is 13.4. The average Bonchev–Trinajstić information content (AvgIpc) is 2.87. The molecule has 2 rings (SSSR count). The lowest BCUT2D eigenvalue weighted by Gasteiger charge is -2.27. The number of likely N-dealkylation sites (N-methyl/N-ethyl adjacent to an activating group) is 1. The molecule has 0 aromatic carbocycles. The molecular weight excluding hydrogens is 480 g/mol. The Morgan fingerprint density at radius 2 is 1.59 bits per heavy atom. The van der Waals surface area contributed by atoms with Crippen molar-refractivity contribution in [1.82, 2.24) is 20.9 Å². The van der Waals surface area contributed by atoms with E-state index in [2.05, 4.69) is 16.0 Å². The van der Waals surface area contributed by atoms with Crippen molar-refractivity contribution in [3.05, 3.63) is 0 Å². The van der Waals surface area contributed by atoms with Gasteiger partial charge in [-0.25, -0.2) is 4.79 Å². The van der Waals surface area contributed by atoms with Crippen molar-refractivity contribution >= 4 is 29.7 Å². The van der Waals surface area contributed by atoms with Crippen LogP contribution in [0.4, 0.5) is 0 Å². The molecule has 37 heavy (non-hydrogen) atoms. The molecule has 2 atom stereocenters. The molecule has 0 bridgehead atoms. The number of carboxylic acid groups (broad SMARTS) is 2. The first-order chi connectivity index (χ1) is 17.7. The normalized spacial score (nSPS) is 18.4. The second-order valence-electron chi connectivity index (χ2n) is 10.4. The third-order valence-electron chi connectivity index (χ3n) is 7.47. The fourth-order valence-electron chi connectivity index (χ4n) is 5.29.